The maximum Gasteiger partial charge on any atom is 0.244 e. The van der Waals surface area contributed by atoms with Crippen LogP contribution in [0.25, 0.3) is 0 Å². The van der Waals surface area contributed by atoms with Crippen LogP contribution in [-0.2, 0) is 4.79 Å². The smallest absolute Gasteiger partial charge is 0.244 e. The zero-order chi connectivity index (χ0) is 13.4. The predicted molar refractivity (Wildman–Crippen MR) is 75.8 cm³/mol. The number of nitrogens with zero attached hydrogens (tertiary/aromatic N) is 2. The zero-order valence-electron chi connectivity index (χ0n) is 11.0. The van der Waals surface area contributed by atoms with Gasteiger partial charge in [-0.1, -0.05) is 17.7 Å². The second-order valence-corrected chi connectivity index (χ2v) is 4.79. The molecule has 1 aliphatic rings. The molecule has 0 spiro atoms. The number of fused-ring (bicyclic) bond motifs is 1. The first-order chi connectivity index (χ1) is 9.13. The second kappa shape index (κ2) is 4.39. The molecule has 0 aliphatic carbocycles. The Morgan fingerprint density at radius 3 is 2.58 bits per heavy atom. The summed E-state index contributed by atoms with van der Waals surface area (Å²) in [5, 5.41) is 2.86. The third kappa shape index (κ3) is 2.17. The van der Waals surface area contributed by atoms with Crippen molar-refractivity contribution in [2.45, 2.75) is 13.8 Å². The van der Waals surface area contributed by atoms with E-state index in [1.165, 1.54) is 5.56 Å². The van der Waals surface area contributed by atoms with Gasteiger partial charge in [0.05, 0.1) is 5.69 Å². The predicted octanol–water partition coefficient (Wildman–Crippen LogP) is 2.79. The van der Waals surface area contributed by atoms with Gasteiger partial charge in [-0.3, -0.25) is 4.79 Å². The van der Waals surface area contributed by atoms with Crippen molar-refractivity contribution in [1.29, 1.82) is 0 Å². The van der Waals surface area contributed by atoms with Gasteiger partial charge in [0.25, 0.3) is 0 Å². The molecule has 1 N–H and O–H groups in total. The molecule has 0 unspecified atom stereocenters. The molecule has 0 atom stereocenters. The third-order valence-electron chi connectivity index (χ3n) is 3.19. The molecule has 0 saturated carbocycles. The van der Waals surface area contributed by atoms with Gasteiger partial charge in [-0.05, 0) is 38.1 Å². The Bertz CT molecular complexity index is 634. The Hall–Kier alpha value is -2.36. The molecule has 0 bridgehead atoms. The number of amides is 1. The monoisotopic (exact) mass is 253 g/mol. The zero-order valence-corrected chi connectivity index (χ0v) is 11.0. The maximum absolute atomic E-state index is 11.8. The van der Waals surface area contributed by atoms with Crippen molar-refractivity contribution in [3.05, 3.63) is 47.7 Å². The van der Waals surface area contributed by atoms with Gasteiger partial charge in [0, 0.05) is 11.4 Å². The lowest BCUT2D eigenvalue weighted by Gasteiger charge is -2.30. The summed E-state index contributed by atoms with van der Waals surface area (Å²) in [5.41, 5.74) is 3.89. The van der Waals surface area contributed by atoms with Gasteiger partial charge < -0.3 is 10.2 Å². The number of carbonyl (C=O) groups is 1. The lowest BCUT2D eigenvalue weighted by molar-refractivity contribution is -0.115. The number of hydrogen-bond donors (Lipinski definition) is 1. The fourth-order valence-electron chi connectivity index (χ4n) is 2.19. The largest absolute Gasteiger partial charge is 0.321 e. The number of benzene rings is 1. The van der Waals surface area contributed by atoms with Crippen molar-refractivity contribution < 1.29 is 4.79 Å². The summed E-state index contributed by atoms with van der Waals surface area (Å²) in [6.45, 7) is 4.29. The summed E-state index contributed by atoms with van der Waals surface area (Å²) in [6, 6.07) is 11.9. The second-order valence-electron chi connectivity index (χ2n) is 4.79. The van der Waals surface area contributed by atoms with Crippen molar-refractivity contribution in [3.8, 4) is 0 Å². The Morgan fingerprint density at radius 2 is 1.84 bits per heavy atom. The molecule has 1 amide bonds. The minimum absolute atomic E-state index is 0.0151. The van der Waals surface area contributed by atoms with Crippen LogP contribution >= 0.6 is 0 Å². The molecule has 0 radical (unpaired) electrons. The summed E-state index contributed by atoms with van der Waals surface area (Å²) in [5.74, 6) is 0.794. The SMILES string of the molecule is Cc1ccc(N2CC(=O)Nc3ccc(C)nc32)cc1. The van der Waals surface area contributed by atoms with Gasteiger partial charge in [-0.25, -0.2) is 4.98 Å². The molecule has 2 aromatic rings. The van der Waals surface area contributed by atoms with Gasteiger partial charge in [-0.15, -0.1) is 0 Å². The molecular weight excluding hydrogens is 238 g/mol. The highest BCUT2D eigenvalue weighted by atomic mass is 16.2. The van der Waals surface area contributed by atoms with Crippen LogP contribution in [0.2, 0.25) is 0 Å². The van der Waals surface area contributed by atoms with Crippen LogP contribution in [0, 0.1) is 13.8 Å². The Morgan fingerprint density at radius 1 is 1.11 bits per heavy atom. The van der Waals surface area contributed by atoms with Gasteiger partial charge in [-0.2, -0.15) is 0 Å². The minimum atomic E-state index is -0.0151. The van der Waals surface area contributed by atoms with E-state index in [0.29, 0.717) is 6.54 Å². The molecule has 2 heterocycles. The highest BCUT2D eigenvalue weighted by Gasteiger charge is 2.24. The fraction of sp³-hybridized carbons (Fsp3) is 0.200. The van der Waals surface area contributed by atoms with Crippen molar-refractivity contribution in [1.82, 2.24) is 4.98 Å². The molecule has 1 aromatic heterocycles. The lowest BCUT2D eigenvalue weighted by atomic mass is 10.2. The summed E-state index contributed by atoms with van der Waals surface area (Å²) < 4.78 is 0. The number of nitrogens with one attached hydrogen (secondary N) is 1. The standard InChI is InChI=1S/C15H15N3O/c1-10-3-6-12(7-4-10)18-9-14(19)17-13-8-5-11(2)16-15(13)18/h3-8H,9H2,1-2H3,(H,17,19). The summed E-state index contributed by atoms with van der Waals surface area (Å²) in [7, 11) is 0. The number of rotatable bonds is 1. The van der Waals surface area contributed by atoms with E-state index in [4.69, 9.17) is 0 Å². The first-order valence-electron chi connectivity index (χ1n) is 6.25. The molecule has 1 aromatic carbocycles. The number of aryl methyl sites for hydroxylation is 2. The van der Waals surface area contributed by atoms with Crippen molar-refractivity contribution in [2.75, 3.05) is 16.8 Å². The average molecular weight is 253 g/mol. The quantitative estimate of drug-likeness (QED) is 0.850. The van der Waals surface area contributed by atoms with E-state index < -0.39 is 0 Å². The van der Waals surface area contributed by atoms with Crippen molar-refractivity contribution in [2.24, 2.45) is 0 Å². The van der Waals surface area contributed by atoms with Gasteiger partial charge >= 0.3 is 0 Å². The lowest BCUT2D eigenvalue weighted by Crippen LogP contribution is -2.35. The van der Waals surface area contributed by atoms with Crippen molar-refractivity contribution >= 4 is 23.1 Å². The van der Waals surface area contributed by atoms with E-state index in [9.17, 15) is 4.79 Å². The first kappa shape index (κ1) is 11.7. The van der Waals surface area contributed by atoms with Crippen LogP contribution in [0.4, 0.5) is 17.2 Å². The highest BCUT2D eigenvalue weighted by molar-refractivity contribution is 6.02. The Kier molecular flexibility index (Phi) is 2.71. The fourth-order valence-corrected chi connectivity index (χ4v) is 2.19. The Labute approximate surface area is 112 Å². The average Bonchev–Trinajstić information content (AvgIpc) is 2.39. The molecule has 3 rings (SSSR count). The van der Waals surface area contributed by atoms with E-state index in [2.05, 4.69) is 10.3 Å². The van der Waals surface area contributed by atoms with Crippen LogP contribution in [0.5, 0.6) is 0 Å². The topological polar surface area (TPSA) is 45.2 Å². The van der Waals surface area contributed by atoms with Crippen LogP contribution in [0.1, 0.15) is 11.3 Å². The number of pyridine rings is 1. The molecule has 19 heavy (non-hydrogen) atoms. The summed E-state index contributed by atoms with van der Waals surface area (Å²) >= 11 is 0. The molecule has 4 nitrogen and oxygen atoms in total. The molecule has 1 aliphatic heterocycles. The number of anilines is 3. The van der Waals surface area contributed by atoms with E-state index in [1.807, 2.05) is 55.1 Å². The molecule has 96 valence electrons. The Balaban J connectivity index is 2.09. The van der Waals surface area contributed by atoms with Crippen LogP contribution in [-0.4, -0.2) is 17.4 Å². The van der Waals surface area contributed by atoms with E-state index in [0.717, 1.165) is 22.9 Å². The maximum atomic E-state index is 11.8. The van der Waals surface area contributed by atoms with Crippen molar-refractivity contribution in [3.63, 3.8) is 0 Å². The van der Waals surface area contributed by atoms with E-state index in [-0.39, 0.29) is 5.91 Å². The summed E-state index contributed by atoms with van der Waals surface area (Å²) in [6.07, 6.45) is 0. The summed E-state index contributed by atoms with van der Waals surface area (Å²) in [4.78, 5) is 18.3. The van der Waals surface area contributed by atoms with Crippen LogP contribution in [0.15, 0.2) is 36.4 Å². The molecular formula is C15H15N3O. The first-order valence-corrected chi connectivity index (χ1v) is 6.25. The number of carbonyl (C=O) groups excluding carboxylic acids is 1. The van der Waals surface area contributed by atoms with Crippen LogP contribution in [0.3, 0.4) is 0 Å². The number of hydrogen-bond acceptors (Lipinski definition) is 3. The van der Waals surface area contributed by atoms with Crippen LogP contribution < -0.4 is 10.2 Å². The molecule has 4 heteroatoms. The van der Waals surface area contributed by atoms with Gasteiger partial charge in [0.15, 0.2) is 5.82 Å². The normalized spacial score (nSPS) is 14.0. The molecule has 0 fully saturated rings. The van der Waals surface area contributed by atoms with E-state index >= 15 is 0 Å². The number of aromatic nitrogens is 1. The minimum Gasteiger partial charge on any atom is -0.321 e. The van der Waals surface area contributed by atoms with Gasteiger partial charge in [0.2, 0.25) is 5.91 Å². The van der Waals surface area contributed by atoms with Gasteiger partial charge in [0.1, 0.15) is 6.54 Å². The highest BCUT2D eigenvalue weighted by Crippen LogP contribution is 2.33. The third-order valence-corrected chi connectivity index (χ3v) is 3.19. The molecule has 0 saturated heterocycles. The van der Waals surface area contributed by atoms with E-state index in [1.54, 1.807) is 0 Å².